The summed E-state index contributed by atoms with van der Waals surface area (Å²) in [5.74, 6) is -3.92. The van der Waals surface area contributed by atoms with E-state index in [0.29, 0.717) is 6.61 Å². The molecule has 12 heteroatoms. The van der Waals surface area contributed by atoms with Crippen LogP contribution in [0.4, 0.5) is 0 Å². The van der Waals surface area contributed by atoms with Crippen LogP contribution >= 0.6 is 0 Å². The summed E-state index contributed by atoms with van der Waals surface area (Å²) in [5.41, 5.74) is -1.23. The van der Waals surface area contributed by atoms with Crippen molar-refractivity contribution in [3.63, 3.8) is 0 Å². The average Bonchev–Trinajstić information content (AvgIpc) is 2.96. The summed E-state index contributed by atoms with van der Waals surface area (Å²) in [6, 6.07) is 2.98. The zero-order valence-electron chi connectivity index (χ0n) is 24.6. The quantitative estimate of drug-likeness (QED) is 0.0772. The molecule has 42 heavy (non-hydrogen) atoms. The number of carbonyl (C=O) groups excluding carboxylic acids is 1. The second kappa shape index (κ2) is 22.9. The van der Waals surface area contributed by atoms with Gasteiger partial charge in [-0.3, -0.25) is 0 Å². The van der Waals surface area contributed by atoms with E-state index in [9.17, 15) is 29.7 Å². The lowest BCUT2D eigenvalue weighted by Crippen LogP contribution is -2.33. The van der Waals surface area contributed by atoms with Gasteiger partial charge in [0.05, 0.1) is 56.3 Å². The van der Waals surface area contributed by atoms with E-state index in [1.807, 2.05) is 0 Å². The minimum atomic E-state index is -1.51. The van der Waals surface area contributed by atoms with E-state index < -0.39 is 48.4 Å². The molecule has 0 spiro atoms. The molecule has 0 amide bonds. The van der Waals surface area contributed by atoms with Crippen LogP contribution in [0.25, 0.3) is 0 Å². The first-order chi connectivity index (χ1) is 20.2. The highest BCUT2D eigenvalue weighted by Gasteiger charge is 2.24. The lowest BCUT2D eigenvalue weighted by atomic mass is 10.0. The highest BCUT2D eigenvalue weighted by molar-refractivity contribution is 6.04. The number of rotatable bonds is 26. The van der Waals surface area contributed by atoms with E-state index in [-0.39, 0.29) is 44.2 Å². The number of ether oxygens (including phenoxy) is 4. The topological polar surface area (TPSA) is 189 Å². The summed E-state index contributed by atoms with van der Waals surface area (Å²) >= 11 is 0. The van der Waals surface area contributed by atoms with Crippen molar-refractivity contribution in [2.24, 2.45) is 0 Å². The Kier molecular flexibility index (Phi) is 20.4. The third-order valence-corrected chi connectivity index (χ3v) is 6.38. The largest absolute Gasteiger partial charge is 0.478 e. The fraction of sp³-hybridized carbons (Fsp3) is 0.700. The van der Waals surface area contributed by atoms with Crippen LogP contribution in [0.1, 0.15) is 102 Å². The van der Waals surface area contributed by atoms with Crippen molar-refractivity contribution in [1.29, 1.82) is 0 Å². The Bertz CT molecular complexity index is 906. The predicted octanol–water partition coefficient (Wildman–Crippen LogP) is 3.29. The van der Waals surface area contributed by atoms with Crippen LogP contribution in [0, 0.1) is 0 Å². The van der Waals surface area contributed by atoms with Crippen molar-refractivity contribution in [1.82, 2.24) is 0 Å². The first kappa shape index (κ1) is 37.4. The summed E-state index contributed by atoms with van der Waals surface area (Å²) in [5, 5.41) is 47.1. The van der Waals surface area contributed by atoms with Gasteiger partial charge in [-0.25, -0.2) is 14.4 Å². The first-order valence-corrected chi connectivity index (χ1v) is 14.7. The van der Waals surface area contributed by atoms with E-state index in [1.165, 1.54) is 44.9 Å². The van der Waals surface area contributed by atoms with Crippen LogP contribution in [0.3, 0.4) is 0 Å². The number of carbonyl (C=O) groups is 3. The van der Waals surface area contributed by atoms with Crippen LogP contribution in [0.15, 0.2) is 18.2 Å². The fourth-order valence-corrected chi connectivity index (χ4v) is 4.05. The SMILES string of the molecule is CCCCCCCCCCCCOCC(O)COCC(COCC(O)CO)OC(=O)c1ccc(C(=O)O)cc1C(=O)O. The van der Waals surface area contributed by atoms with Crippen LogP contribution in [0.2, 0.25) is 0 Å². The molecule has 0 saturated carbocycles. The molecule has 0 aliphatic heterocycles. The summed E-state index contributed by atoms with van der Waals surface area (Å²) in [7, 11) is 0. The molecule has 0 saturated heterocycles. The Morgan fingerprint density at radius 1 is 0.690 bits per heavy atom. The number of aliphatic hydroxyl groups excluding tert-OH is 3. The lowest BCUT2D eigenvalue weighted by Gasteiger charge is -2.20. The number of aromatic carboxylic acids is 2. The second-order valence-corrected chi connectivity index (χ2v) is 10.2. The maximum Gasteiger partial charge on any atom is 0.339 e. The number of unbranched alkanes of at least 4 members (excludes halogenated alkanes) is 9. The van der Waals surface area contributed by atoms with E-state index in [2.05, 4.69) is 6.92 Å². The maximum absolute atomic E-state index is 12.7. The van der Waals surface area contributed by atoms with Crippen LogP contribution in [0.5, 0.6) is 0 Å². The molecular formula is C30H48O12. The van der Waals surface area contributed by atoms with Crippen molar-refractivity contribution in [3.8, 4) is 0 Å². The van der Waals surface area contributed by atoms with Gasteiger partial charge >= 0.3 is 17.9 Å². The Labute approximate surface area is 247 Å². The van der Waals surface area contributed by atoms with Gasteiger partial charge in [0.2, 0.25) is 0 Å². The monoisotopic (exact) mass is 600 g/mol. The molecule has 3 unspecified atom stereocenters. The molecule has 0 aliphatic carbocycles. The van der Waals surface area contributed by atoms with Crippen molar-refractivity contribution < 1.29 is 58.9 Å². The molecule has 3 atom stereocenters. The number of carboxylic acids is 2. The van der Waals surface area contributed by atoms with Gasteiger partial charge in [0.1, 0.15) is 18.3 Å². The van der Waals surface area contributed by atoms with Gasteiger partial charge in [0, 0.05) is 6.61 Å². The highest BCUT2D eigenvalue weighted by Crippen LogP contribution is 2.16. The van der Waals surface area contributed by atoms with Gasteiger partial charge < -0.3 is 44.5 Å². The van der Waals surface area contributed by atoms with Gasteiger partial charge in [-0.05, 0) is 24.6 Å². The molecule has 0 aromatic heterocycles. The molecular weight excluding hydrogens is 552 g/mol. The zero-order chi connectivity index (χ0) is 31.2. The molecule has 5 N–H and O–H groups in total. The van der Waals surface area contributed by atoms with Crippen LogP contribution in [-0.2, 0) is 18.9 Å². The number of esters is 1. The Morgan fingerprint density at radius 3 is 1.79 bits per heavy atom. The number of carboxylic acid groups (broad SMARTS) is 2. The van der Waals surface area contributed by atoms with Gasteiger partial charge in [-0.1, -0.05) is 64.7 Å². The second-order valence-electron chi connectivity index (χ2n) is 10.2. The highest BCUT2D eigenvalue weighted by atomic mass is 16.6. The number of hydrogen-bond donors (Lipinski definition) is 5. The molecule has 0 aliphatic rings. The normalized spacial score (nSPS) is 13.4. The van der Waals surface area contributed by atoms with Crippen LogP contribution in [-0.4, -0.2) is 108 Å². The molecule has 1 aromatic carbocycles. The Hall–Kier alpha value is -2.61. The summed E-state index contributed by atoms with van der Waals surface area (Å²) in [4.78, 5) is 35.5. The minimum Gasteiger partial charge on any atom is -0.478 e. The van der Waals surface area contributed by atoms with Gasteiger partial charge in [0.15, 0.2) is 0 Å². The van der Waals surface area contributed by atoms with E-state index in [1.54, 1.807) is 0 Å². The van der Waals surface area contributed by atoms with Crippen molar-refractivity contribution in [2.45, 2.75) is 89.4 Å². The predicted molar refractivity (Wildman–Crippen MR) is 153 cm³/mol. The number of benzene rings is 1. The average molecular weight is 601 g/mol. The van der Waals surface area contributed by atoms with Crippen molar-refractivity contribution in [2.75, 3.05) is 46.2 Å². The molecule has 0 bridgehead atoms. The van der Waals surface area contributed by atoms with Crippen molar-refractivity contribution in [3.05, 3.63) is 34.9 Å². The summed E-state index contributed by atoms with van der Waals surface area (Å²) in [6.45, 7) is 1.40. The van der Waals surface area contributed by atoms with Gasteiger partial charge in [-0.15, -0.1) is 0 Å². The van der Waals surface area contributed by atoms with E-state index in [4.69, 9.17) is 29.2 Å². The van der Waals surface area contributed by atoms with Crippen LogP contribution < -0.4 is 0 Å². The number of aliphatic hydroxyl groups is 3. The van der Waals surface area contributed by atoms with Crippen molar-refractivity contribution >= 4 is 17.9 Å². The Balaban J connectivity index is 2.46. The van der Waals surface area contributed by atoms with E-state index in [0.717, 1.165) is 37.5 Å². The third-order valence-electron chi connectivity index (χ3n) is 6.38. The molecule has 0 fully saturated rings. The minimum absolute atomic E-state index is 0.0684. The van der Waals surface area contributed by atoms with E-state index >= 15 is 0 Å². The molecule has 0 radical (unpaired) electrons. The smallest absolute Gasteiger partial charge is 0.339 e. The van der Waals surface area contributed by atoms with Gasteiger partial charge in [-0.2, -0.15) is 0 Å². The number of hydrogen-bond acceptors (Lipinski definition) is 10. The standard InChI is InChI=1S/C30H48O12/c1-2-3-4-5-6-7-8-9-10-11-14-39-18-24(33)19-41-21-25(20-40-17-23(32)16-31)42-30(38)26-13-12-22(28(34)35)15-27(26)29(36)37/h12-13,15,23-25,31-33H,2-11,14,16-21H2,1H3,(H,34,35)(H,36,37). The molecule has 1 rings (SSSR count). The molecule has 12 nitrogen and oxygen atoms in total. The lowest BCUT2D eigenvalue weighted by molar-refractivity contribution is -0.0749. The third kappa shape index (κ3) is 16.7. The fourth-order valence-electron chi connectivity index (χ4n) is 4.05. The first-order valence-electron chi connectivity index (χ1n) is 14.7. The summed E-state index contributed by atoms with van der Waals surface area (Å²) in [6.07, 6.45) is 8.99. The maximum atomic E-state index is 12.7. The van der Waals surface area contributed by atoms with Gasteiger partial charge in [0.25, 0.3) is 0 Å². The summed E-state index contributed by atoms with van der Waals surface area (Å²) < 4.78 is 21.6. The molecule has 240 valence electrons. The zero-order valence-corrected chi connectivity index (χ0v) is 24.6. The molecule has 1 aromatic rings. The Morgan fingerprint density at radius 2 is 1.24 bits per heavy atom. The molecule has 0 heterocycles.